The van der Waals surface area contributed by atoms with Crippen molar-refractivity contribution in [2.75, 3.05) is 5.73 Å². The summed E-state index contributed by atoms with van der Waals surface area (Å²) in [5.74, 6) is -0.0315. The van der Waals surface area contributed by atoms with Crippen LogP contribution in [0.1, 0.15) is 0 Å². The van der Waals surface area contributed by atoms with Crippen molar-refractivity contribution in [1.29, 1.82) is 0 Å². The van der Waals surface area contributed by atoms with Gasteiger partial charge in [-0.2, -0.15) is 5.10 Å². The minimum atomic E-state index is -0.390. The molecule has 0 bridgehead atoms. The number of nitrogens with two attached hydrogens (primary N) is 1. The van der Waals surface area contributed by atoms with E-state index in [2.05, 4.69) is 26.1 Å². The first kappa shape index (κ1) is 14.1. The van der Waals surface area contributed by atoms with Crippen LogP contribution >= 0.6 is 27.5 Å². The van der Waals surface area contributed by atoms with Crippen LogP contribution in [-0.2, 0) is 0 Å². The molecule has 0 saturated heterocycles. The van der Waals surface area contributed by atoms with Crippen LogP contribution < -0.4 is 5.73 Å². The van der Waals surface area contributed by atoms with Gasteiger partial charge in [0.05, 0.1) is 16.3 Å². The second-order valence-corrected chi connectivity index (χ2v) is 5.72. The molecule has 6 heteroatoms. The first-order valence-corrected chi connectivity index (χ1v) is 7.29. The Kier molecular flexibility index (Phi) is 3.69. The number of nitrogens with zero attached hydrogens (tertiary/aromatic N) is 1. The lowest BCUT2D eigenvalue weighted by molar-refractivity contribution is 0.628. The highest BCUT2D eigenvalue weighted by Gasteiger charge is 2.18. The summed E-state index contributed by atoms with van der Waals surface area (Å²) in [6.45, 7) is 0. The Bertz CT molecular complexity index is 816. The van der Waals surface area contributed by atoms with Crippen LogP contribution in [0.5, 0.6) is 0 Å². The number of H-pyrrole nitrogens is 1. The topological polar surface area (TPSA) is 54.7 Å². The van der Waals surface area contributed by atoms with Crippen LogP contribution in [-0.4, -0.2) is 10.2 Å². The Morgan fingerprint density at radius 3 is 2.62 bits per heavy atom. The van der Waals surface area contributed by atoms with E-state index < -0.39 is 5.82 Å². The summed E-state index contributed by atoms with van der Waals surface area (Å²) >= 11 is 9.63. The van der Waals surface area contributed by atoms with Crippen LogP contribution in [0.3, 0.4) is 0 Å². The summed E-state index contributed by atoms with van der Waals surface area (Å²) in [4.78, 5) is 0. The van der Waals surface area contributed by atoms with Crippen LogP contribution in [0.4, 0.5) is 10.2 Å². The molecule has 21 heavy (non-hydrogen) atoms. The third-order valence-corrected chi connectivity index (χ3v) is 4.14. The lowest BCUT2D eigenvalue weighted by Crippen LogP contribution is -1.90. The minimum Gasteiger partial charge on any atom is -0.382 e. The number of benzene rings is 2. The number of rotatable bonds is 2. The first-order chi connectivity index (χ1) is 10.1. The highest BCUT2D eigenvalue weighted by Crippen LogP contribution is 2.40. The number of anilines is 1. The molecule has 0 saturated carbocycles. The van der Waals surface area contributed by atoms with Crippen molar-refractivity contribution in [3.05, 3.63) is 57.8 Å². The molecule has 0 amide bonds. The molecule has 1 aromatic heterocycles. The second kappa shape index (κ2) is 5.50. The van der Waals surface area contributed by atoms with E-state index in [0.29, 0.717) is 22.1 Å². The maximum Gasteiger partial charge on any atom is 0.153 e. The predicted molar refractivity (Wildman–Crippen MR) is 86.5 cm³/mol. The maximum atomic E-state index is 13.2. The molecule has 0 atom stereocenters. The molecular formula is C15H10BrClFN3. The first-order valence-electron chi connectivity index (χ1n) is 6.12. The number of halogens is 3. The zero-order chi connectivity index (χ0) is 15.0. The zero-order valence-corrected chi connectivity index (χ0v) is 13.0. The van der Waals surface area contributed by atoms with Crippen LogP contribution in [0.25, 0.3) is 22.4 Å². The quantitative estimate of drug-likeness (QED) is 0.679. The standard InChI is InChI=1S/C15H10BrClFN3/c16-11-4-2-1-3-9(11)13-14(20-21-15(13)19)10-6-5-8(18)7-12(10)17/h1-7H,(H3,19,20,21). The van der Waals surface area contributed by atoms with Gasteiger partial charge in [-0.25, -0.2) is 4.39 Å². The Labute approximate surface area is 134 Å². The van der Waals surface area contributed by atoms with Gasteiger partial charge < -0.3 is 5.73 Å². The molecule has 2 aromatic carbocycles. The average Bonchev–Trinajstić information content (AvgIpc) is 2.81. The van der Waals surface area contributed by atoms with Gasteiger partial charge in [0.25, 0.3) is 0 Å². The summed E-state index contributed by atoms with van der Waals surface area (Å²) in [5, 5.41) is 7.23. The number of hydrogen-bond acceptors (Lipinski definition) is 2. The highest BCUT2D eigenvalue weighted by atomic mass is 79.9. The van der Waals surface area contributed by atoms with E-state index in [9.17, 15) is 4.39 Å². The summed E-state index contributed by atoms with van der Waals surface area (Å²) < 4.78 is 14.1. The lowest BCUT2D eigenvalue weighted by Gasteiger charge is -2.08. The van der Waals surface area contributed by atoms with Gasteiger partial charge in [0.15, 0.2) is 5.82 Å². The number of hydrogen-bond donors (Lipinski definition) is 2. The number of nitrogens with one attached hydrogen (secondary N) is 1. The fourth-order valence-corrected chi connectivity index (χ4v) is 2.92. The Balaban J connectivity index is 2.25. The van der Waals surface area contributed by atoms with Crippen molar-refractivity contribution in [1.82, 2.24) is 10.2 Å². The van der Waals surface area contributed by atoms with Crippen molar-refractivity contribution in [3.63, 3.8) is 0 Å². The molecule has 0 unspecified atom stereocenters. The van der Waals surface area contributed by atoms with Gasteiger partial charge in [0.2, 0.25) is 0 Å². The fraction of sp³-hybridized carbons (Fsp3) is 0. The number of aromatic nitrogens is 2. The van der Waals surface area contributed by atoms with Gasteiger partial charge in [-0.15, -0.1) is 0 Å². The molecule has 0 aliphatic heterocycles. The van der Waals surface area contributed by atoms with Gasteiger partial charge in [-0.1, -0.05) is 45.7 Å². The van der Waals surface area contributed by atoms with Gasteiger partial charge in [-0.05, 0) is 24.3 Å². The van der Waals surface area contributed by atoms with E-state index in [0.717, 1.165) is 15.6 Å². The fourth-order valence-electron chi connectivity index (χ4n) is 2.18. The summed E-state index contributed by atoms with van der Waals surface area (Å²) in [7, 11) is 0. The molecule has 0 spiro atoms. The van der Waals surface area contributed by atoms with Crippen molar-refractivity contribution < 1.29 is 4.39 Å². The van der Waals surface area contributed by atoms with E-state index in [-0.39, 0.29) is 0 Å². The lowest BCUT2D eigenvalue weighted by atomic mass is 10.0. The van der Waals surface area contributed by atoms with E-state index >= 15 is 0 Å². The van der Waals surface area contributed by atoms with Gasteiger partial charge >= 0.3 is 0 Å². The summed E-state index contributed by atoms with van der Waals surface area (Å²) in [6.07, 6.45) is 0. The van der Waals surface area contributed by atoms with E-state index in [1.807, 2.05) is 24.3 Å². The third kappa shape index (κ3) is 2.54. The summed E-state index contributed by atoms with van der Waals surface area (Å²) in [6, 6.07) is 11.9. The van der Waals surface area contributed by atoms with E-state index in [1.165, 1.54) is 12.1 Å². The molecule has 0 fully saturated rings. The SMILES string of the molecule is Nc1n[nH]c(-c2ccc(F)cc2Cl)c1-c1ccccc1Br. The van der Waals surface area contributed by atoms with E-state index in [4.69, 9.17) is 17.3 Å². The van der Waals surface area contributed by atoms with Gasteiger partial charge in [0.1, 0.15) is 5.82 Å². The Morgan fingerprint density at radius 1 is 1.14 bits per heavy atom. The molecule has 0 aliphatic rings. The largest absolute Gasteiger partial charge is 0.382 e. The van der Waals surface area contributed by atoms with Gasteiger partial charge in [-0.3, -0.25) is 5.10 Å². The zero-order valence-electron chi connectivity index (χ0n) is 10.7. The average molecular weight is 367 g/mol. The molecule has 0 aliphatic carbocycles. The predicted octanol–water partition coefficient (Wildman–Crippen LogP) is 4.88. The number of aromatic amines is 1. The second-order valence-electron chi connectivity index (χ2n) is 4.46. The van der Waals surface area contributed by atoms with Crippen molar-refractivity contribution in [2.45, 2.75) is 0 Å². The third-order valence-electron chi connectivity index (χ3n) is 3.14. The molecule has 3 nitrogen and oxygen atoms in total. The minimum absolute atomic E-state index is 0.298. The van der Waals surface area contributed by atoms with Crippen molar-refractivity contribution in [2.24, 2.45) is 0 Å². The molecule has 0 radical (unpaired) electrons. The monoisotopic (exact) mass is 365 g/mol. The molecule has 3 rings (SSSR count). The number of nitrogen functional groups attached to an aromatic ring is 1. The van der Waals surface area contributed by atoms with E-state index in [1.54, 1.807) is 6.07 Å². The smallest absolute Gasteiger partial charge is 0.153 e. The molecule has 3 aromatic rings. The molecule has 1 heterocycles. The van der Waals surface area contributed by atoms with Crippen molar-refractivity contribution >= 4 is 33.3 Å². The molecular weight excluding hydrogens is 357 g/mol. The summed E-state index contributed by atoms with van der Waals surface area (Å²) in [5.41, 5.74) is 8.90. The Hall–Kier alpha value is -1.85. The van der Waals surface area contributed by atoms with Crippen LogP contribution in [0.2, 0.25) is 5.02 Å². The van der Waals surface area contributed by atoms with Crippen molar-refractivity contribution in [3.8, 4) is 22.4 Å². The van der Waals surface area contributed by atoms with Crippen LogP contribution in [0.15, 0.2) is 46.9 Å². The highest BCUT2D eigenvalue weighted by molar-refractivity contribution is 9.10. The van der Waals surface area contributed by atoms with Crippen LogP contribution in [0, 0.1) is 5.82 Å². The molecule has 106 valence electrons. The normalized spacial score (nSPS) is 10.8. The molecule has 3 N–H and O–H groups in total. The Morgan fingerprint density at radius 2 is 1.90 bits per heavy atom. The van der Waals surface area contributed by atoms with Gasteiger partial charge in [0, 0.05) is 15.6 Å². The maximum absolute atomic E-state index is 13.2.